The van der Waals surface area contributed by atoms with Gasteiger partial charge in [0.2, 0.25) is 0 Å². The summed E-state index contributed by atoms with van der Waals surface area (Å²) in [5.41, 5.74) is 4.67. The average molecular weight is 388 g/mol. The second kappa shape index (κ2) is 6.64. The van der Waals surface area contributed by atoms with Gasteiger partial charge in [0.1, 0.15) is 0 Å². The highest BCUT2D eigenvalue weighted by molar-refractivity contribution is 6.42. The van der Waals surface area contributed by atoms with E-state index >= 15 is 0 Å². The zero-order valence-electron chi connectivity index (χ0n) is 14.6. The molecule has 1 N–H and O–H groups in total. The predicted octanol–water partition coefficient (Wildman–Crippen LogP) is 5.91. The van der Waals surface area contributed by atoms with E-state index in [2.05, 4.69) is 17.5 Å². The van der Waals surface area contributed by atoms with Gasteiger partial charge in [-0.1, -0.05) is 53.6 Å². The molecule has 0 saturated heterocycles. The van der Waals surface area contributed by atoms with Crippen LogP contribution in [0.5, 0.6) is 0 Å². The van der Waals surface area contributed by atoms with E-state index in [0.717, 1.165) is 23.2 Å². The molecule has 0 amide bonds. The van der Waals surface area contributed by atoms with E-state index in [1.165, 1.54) is 12.7 Å². The Balaban J connectivity index is 1.85. The smallest absolute Gasteiger partial charge is 0.338 e. The standard InChI is InChI=1S/C21H19Cl2NO2/c1-11-12(21(25)26-2)9-10-15-13-5-3-6-14(13)20(24-19(11)15)16-7-4-8-17(22)18(16)23/h3-5,7-10,13-14,20,24H,6H2,1-2H3/t13-,14+,20-/m0/s1. The molecule has 1 heterocycles. The fourth-order valence-corrected chi connectivity index (χ4v) is 4.64. The Morgan fingerprint density at radius 3 is 2.77 bits per heavy atom. The summed E-state index contributed by atoms with van der Waals surface area (Å²) in [6.45, 7) is 1.95. The molecular weight excluding hydrogens is 369 g/mol. The Labute approximate surface area is 163 Å². The molecular formula is C21H19Cl2NO2. The Kier molecular flexibility index (Phi) is 4.45. The van der Waals surface area contributed by atoms with Crippen LogP contribution in [0, 0.1) is 12.8 Å². The molecule has 134 valence electrons. The summed E-state index contributed by atoms with van der Waals surface area (Å²) in [6.07, 6.45) is 5.45. The highest BCUT2D eigenvalue weighted by Gasteiger charge is 2.39. The number of fused-ring (bicyclic) bond motifs is 3. The number of hydrogen-bond donors (Lipinski definition) is 1. The van der Waals surface area contributed by atoms with Crippen molar-refractivity contribution in [2.75, 3.05) is 12.4 Å². The van der Waals surface area contributed by atoms with Crippen LogP contribution in [0.25, 0.3) is 0 Å². The highest BCUT2D eigenvalue weighted by Crippen LogP contribution is 2.52. The Bertz CT molecular complexity index is 922. The second-order valence-electron chi connectivity index (χ2n) is 6.81. The van der Waals surface area contributed by atoms with E-state index in [9.17, 15) is 4.79 Å². The van der Waals surface area contributed by atoms with Crippen LogP contribution in [0.2, 0.25) is 10.0 Å². The van der Waals surface area contributed by atoms with Crippen molar-refractivity contribution in [3.8, 4) is 0 Å². The number of nitrogens with one attached hydrogen (secondary N) is 1. The number of hydrogen-bond acceptors (Lipinski definition) is 3. The number of methoxy groups -OCH3 is 1. The molecule has 2 aromatic rings. The summed E-state index contributed by atoms with van der Waals surface area (Å²) < 4.78 is 4.92. The van der Waals surface area contributed by atoms with Crippen LogP contribution < -0.4 is 5.32 Å². The van der Waals surface area contributed by atoms with Crippen molar-refractivity contribution in [1.82, 2.24) is 0 Å². The third kappa shape index (κ3) is 2.62. The topological polar surface area (TPSA) is 38.3 Å². The summed E-state index contributed by atoms with van der Waals surface area (Å²) in [5.74, 6) is 0.326. The number of carbonyl (C=O) groups is 1. The minimum absolute atomic E-state index is 0.0281. The van der Waals surface area contributed by atoms with Crippen LogP contribution in [-0.2, 0) is 4.74 Å². The molecule has 0 bridgehead atoms. The van der Waals surface area contributed by atoms with Gasteiger partial charge in [0.05, 0.1) is 28.8 Å². The van der Waals surface area contributed by atoms with Crippen LogP contribution in [0.1, 0.15) is 45.4 Å². The minimum atomic E-state index is -0.325. The summed E-state index contributed by atoms with van der Waals surface area (Å²) in [7, 11) is 1.40. The summed E-state index contributed by atoms with van der Waals surface area (Å²) >= 11 is 12.8. The van der Waals surface area contributed by atoms with Crippen molar-refractivity contribution in [3.63, 3.8) is 0 Å². The van der Waals surface area contributed by atoms with Gasteiger partial charge in [-0.2, -0.15) is 0 Å². The van der Waals surface area contributed by atoms with Crippen LogP contribution in [0.15, 0.2) is 42.5 Å². The normalized spacial score (nSPS) is 23.2. The lowest BCUT2D eigenvalue weighted by Crippen LogP contribution is -2.30. The fourth-order valence-electron chi connectivity index (χ4n) is 4.21. The third-order valence-electron chi connectivity index (χ3n) is 5.52. The SMILES string of the molecule is COC(=O)c1ccc2c(c1C)N[C@H](c1cccc(Cl)c1Cl)[C@@H]1CC=C[C@H]21. The molecule has 2 aliphatic rings. The van der Waals surface area contributed by atoms with Crippen molar-refractivity contribution in [2.45, 2.75) is 25.3 Å². The second-order valence-corrected chi connectivity index (χ2v) is 7.60. The zero-order chi connectivity index (χ0) is 18.4. The van der Waals surface area contributed by atoms with Crippen molar-refractivity contribution >= 4 is 34.9 Å². The summed E-state index contributed by atoms with van der Waals surface area (Å²) in [6, 6.07) is 9.67. The molecule has 0 aromatic heterocycles. The minimum Gasteiger partial charge on any atom is -0.465 e. The first-order chi connectivity index (χ1) is 12.5. The number of anilines is 1. The van der Waals surface area contributed by atoms with Gasteiger partial charge in [-0.15, -0.1) is 0 Å². The lowest BCUT2D eigenvalue weighted by atomic mass is 9.76. The maximum Gasteiger partial charge on any atom is 0.338 e. The maximum absolute atomic E-state index is 12.1. The van der Waals surface area contributed by atoms with Gasteiger partial charge in [0.25, 0.3) is 0 Å². The van der Waals surface area contributed by atoms with E-state index < -0.39 is 0 Å². The van der Waals surface area contributed by atoms with Crippen molar-refractivity contribution in [1.29, 1.82) is 0 Å². The molecule has 3 nitrogen and oxygen atoms in total. The molecule has 0 spiro atoms. The fraction of sp³-hybridized carbons (Fsp3) is 0.286. The first-order valence-corrected chi connectivity index (χ1v) is 9.37. The van der Waals surface area contributed by atoms with Crippen LogP contribution in [0.4, 0.5) is 5.69 Å². The van der Waals surface area contributed by atoms with Crippen molar-refractivity contribution in [3.05, 3.63) is 74.8 Å². The highest BCUT2D eigenvalue weighted by atomic mass is 35.5. The molecule has 0 fully saturated rings. The van der Waals surface area contributed by atoms with E-state index in [4.69, 9.17) is 27.9 Å². The number of halogens is 2. The van der Waals surface area contributed by atoms with Crippen LogP contribution in [0.3, 0.4) is 0 Å². The maximum atomic E-state index is 12.1. The zero-order valence-corrected chi connectivity index (χ0v) is 16.1. The molecule has 2 aromatic carbocycles. The first kappa shape index (κ1) is 17.4. The summed E-state index contributed by atoms with van der Waals surface area (Å²) in [4.78, 5) is 12.1. The Morgan fingerprint density at radius 2 is 2.00 bits per heavy atom. The van der Waals surface area contributed by atoms with E-state index in [0.29, 0.717) is 21.5 Å². The number of esters is 1. The van der Waals surface area contributed by atoms with Crippen molar-refractivity contribution < 1.29 is 9.53 Å². The van der Waals surface area contributed by atoms with E-state index in [1.807, 2.05) is 31.2 Å². The molecule has 0 radical (unpaired) electrons. The van der Waals surface area contributed by atoms with Gasteiger partial charge in [-0.25, -0.2) is 4.79 Å². The molecule has 4 rings (SSSR count). The van der Waals surface area contributed by atoms with E-state index in [1.54, 1.807) is 6.07 Å². The quantitative estimate of drug-likeness (QED) is 0.513. The van der Waals surface area contributed by atoms with Gasteiger partial charge < -0.3 is 10.1 Å². The van der Waals surface area contributed by atoms with Gasteiger partial charge in [0.15, 0.2) is 0 Å². The van der Waals surface area contributed by atoms with Crippen LogP contribution in [-0.4, -0.2) is 13.1 Å². The Morgan fingerprint density at radius 1 is 1.19 bits per heavy atom. The molecule has 5 heteroatoms. The molecule has 3 atom stereocenters. The number of rotatable bonds is 2. The van der Waals surface area contributed by atoms with Gasteiger partial charge in [0, 0.05) is 11.6 Å². The van der Waals surface area contributed by atoms with Gasteiger partial charge >= 0.3 is 5.97 Å². The number of benzene rings is 2. The number of ether oxygens (including phenoxy) is 1. The average Bonchev–Trinajstić information content (AvgIpc) is 3.13. The molecule has 0 unspecified atom stereocenters. The third-order valence-corrected chi connectivity index (χ3v) is 6.35. The number of carbonyl (C=O) groups excluding carboxylic acids is 1. The monoisotopic (exact) mass is 387 g/mol. The first-order valence-electron chi connectivity index (χ1n) is 8.62. The number of allylic oxidation sites excluding steroid dienone is 2. The molecule has 0 saturated carbocycles. The lowest BCUT2D eigenvalue weighted by molar-refractivity contribution is 0.0600. The predicted molar refractivity (Wildman–Crippen MR) is 105 cm³/mol. The lowest BCUT2D eigenvalue weighted by Gasteiger charge is -2.39. The van der Waals surface area contributed by atoms with Gasteiger partial charge in [-0.3, -0.25) is 0 Å². The van der Waals surface area contributed by atoms with Crippen LogP contribution >= 0.6 is 23.2 Å². The summed E-state index contributed by atoms with van der Waals surface area (Å²) in [5, 5.41) is 4.79. The van der Waals surface area contributed by atoms with Gasteiger partial charge in [-0.05, 0) is 48.1 Å². The largest absolute Gasteiger partial charge is 0.465 e. The molecule has 1 aliphatic heterocycles. The Hall–Kier alpha value is -1.97. The molecule has 1 aliphatic carbocycles. The van der Waals surface area contributed by atoms with E-state index in [-0.39, 0.29) is 17.9 Å². The van der Waals surface area contributed by atoms with Crippen molar-refractivity contribution in [2.24, 2.45) is 5.92 Å². The molecule has 26 heavy (non-hydrogen) atoms.